The molecule has 69 heavy (non-hydrogen) atoms. The zero-order valence-corrected chi connectivity index (χ0v) is 40.0. The van der Waals surface area contributed by atoms with E-state index in [0.29, 0.717) is 96.6 Å². The molecule has 8 atom stereocenters. The highest BCUT2D eigenvalue weighted by Crippen LogP contribution is 2.59. The number of hydrogen-bond donors (Lipinski definition) is 0. The van der Waals surface area contributed by atoms with Gasteiger partial charge in [-0.3, -0.25) is 19.2 Å². The van der Waals surface area contributed by atoms with Gasteiger partial charge in [0, 0.05) is 40.6 Å². The minimum atomic E-state index is -0.850. The summed E-state index contributed by atoms with van der Waals surface area (Å²) in [4.78, 5) is 54.7. The Hall–Kier alpha value is -6.54. The first-order valence-corrected chi connectivity index (χ1v) is 24.5. The lowest BCUT2D eigenvalue weighted by Crippen LogP contribution is -2.36. The molecule has 0 spiro atoms. The molecule has 4 aromatic rings. The highest BCUT2D eigenvalue weighted by Gasteiger charge is 2.56. The summed E-state index contributed by atoms with van der Waals surface area (Å²) < 4.78 is 80.7. The number of fused-ring (bicyclic) bond motifs is 6. The van der Waals surface area contributed by atoms with Crippen molar-refractivity contribution in [3.63, 3.8) is 0 Å². The monoisotopic (exact) mass is 988 g/mol. The minimum absolute atomic E-state index is 0.000299. The van der Waals surface area contributed by atoms with E-state index in [1.807, 2.05) is 12.1 Å². The van der Waals surface area contributed by atoms with Crippen molar-refractivity contribution in [1.29, 1.82) is 0 Å². The van der Waals surface area contributed by atoms with Crippen molar-refractivity contribution in [2.45, 2.75) is 30.5 Å². The molecule has 4 heterocycles. The SMILES string of the molecule is COc1cc([C@@H]2c3cc4c(cc3[C@H](OC(=O)CCSSCC(=O)O[C@H]3c5cc6c(cc5[C@@H](c5cc(OC)c(OC)c(OC)c5)[C@H]5C(=O)OC[C@@H]53)OCO6)[C@H]3COC(=O)[C@H]23)OCO4)cc(OC)c1OC. The maximum absolute atomic E-state index is 13.7. The van der Waals surface area contributed by atoms with Crippen LogP contribution in [0.15, 0.2) is 48.5 Å². The van der Waals surface area contributed by atoms with Crippen LogP contribution in [-0.4, -0.2) is 105 Å². The van der Waals surface area contributed by atoms with E-state index >= 15 is 0 Å². The molecule has 2 fully saturated rings. The maximum atomic E-state index is 13.7. The second kappa shape index (κ2) is 19.1. The molecule has 0 amide bonds. The van der Waals surface area contributed by atoms with E-state index in [1.165, 1.54) is 64.2 Å². The van der Waals surface area contributed by atoms with Crippen molar-refractivity contribution >= 4 is 45.5 Å². The van der Waals surface area contributed by atoms with Gasteiger partial charge in [-0.15, -0.1) is 0 Å². The van der Waals surface area contributed by atoms with E-state index < -0.39 is 71.6 Å². The molecule has 4 aliphatic heterocycles. The average Bonchev–Trinajstić information content (AvgIpc) is 4.19. The van der Waals surface area contributed by atoms with E-state index in [9.17, 15) is 19.2 Å². The van der Waals surface area contributed by atoms with Crippen LogP contribution in [0.2, 0.25) is 0 Å². The molecule has 18 nitrogen and oxygen atoms in total. The quantitative estimate of drug-likeness (QED) is 0.0497. The van der Waals surface area contributed by atoms with Crippen LogP contribution in [0.1, 0.15) is 63.8 Å². The Kier molecular flexibility index (Phi) is 12.8. The van der Waals surface area contributed by atoms with Crippen LogP contribution in [0.25, 0.3) is 0 Å². The normalized spacial score (nSPS) is 24.1. The van der Waals surface area contributed by atoms with Crippen LogP contribution in [0.3, 0.4) is 0 Å². The van der Waals surface area contributed by atoms with Crippen molar-refractivity contribution in [2.24, 2.45) is 23.7 Å². The lowest BCUT2D eigenvalue weighted by Gasteiger charge is -2.38. The van der Waals surface area contributed by atoms with E-state index in [4.69, 9.17) is 66.3 Å². The van der Waals surface area contributed by atoms with E-state index in [1.54, 1.807) is 36.4 Å². The molecule has 2 saturated heterocycles. The first kappa shape index (κ1) is 46.2. The van der Waals surface area contributed by atoms with E-state index in [2.05, 4.69) is 0 Å². The third-order valence-electron chi connectivity index (χ3n) is 13.5. The summed E-state index contributed by atoms with van der Waals surface area (Å²) in [6, 6.07) is 14.5. The lowest BCUT2D eigenvalue weighted by atomic mass is 9.66. The summed E-state index contributed by atoms with van der Waals surface area (Å²) in [5, 5.41) is 0. The number of carbonyl (C=O) groups is 4. The highest BCUT2D eigenvalue weighted by atomic mass is 33.1. The van der Waals surface area contributed by atoms with Crippen molar-refractivity contribution in [1.82, 2.24) is 0 Å². The van der Waals surface area contributed by atoms with Gasteiger partial charge in [0.1, 0.15) is 18.0 Å². The molecule has 4 aromatic carbocycles. The number of hydrogen-bond acceptors (Lipinski definition) is 20. The number of carbonyl (C=O) groups excluding carboxylic acids is 4. The molecule has 10 rings (SSSR count). The average molecular weight is 989 g/mol. The van der Waals surface area contributed by atoms with E-state index in [-0.39, 0.29) is 39.0 Å². The molecular weight excluding hydrogens is 941 g/mol. The van der Waals surface area contributed by atoms with Gasteiger partial charge in [0.05, 0.1) is 74.1 Å². The van der Waals surface area contributed by atoms with Gasteiger partial charge in [-0.2, -0.15) is 0 Å². The first-order valence-electron chi connectivity index (χ1n) is 22.0. The molecule has 0 bridgehead atoms. The fourth-order valence-electron chi connectivity index (χ4n) is 10.5. The van der Waals surface area contributed by atoms with Crippen LogP contribution in [0.5, 0.6) is 57.5 Å². The predicted octanol–water partition coefficient (Wildman–Crippen LogP) is 6.71. The maximum Gasteiger partial charge on any atom is 0.317 e. The summed E-state index contributed by atoms with van der Waals surface area (Å²) in [5.74, 6) is -0.826. The number of ether oxygens (including phenoxy) is 14. The fraction of sp³-hybridized carbons (Fsp3) is 0.429. The van der Waals surface area contributed by atoms with Crippen LogP contribution >= 0.6 is 21.6 Å². The number of esters is 4. The highest BCUT2D eigenvalue weighted by molar-refractivity contribution is 8.76. The van der Waals surface area contributed by atoms with Gasteiger partial charge >= 0.3 is 23.9 Å². The van der Waals surface area contributed by atoms with Gasteiger partial charge in [0.15, 0.2) is 46.0 Å². The number of benzene rings is 4. The van der Waals surface area contributed by atoms with Crippen molar-refractivity contribution in [2.75, 3.05) is 81.0 Å². The number of rotatable bonds is 16. The zero-order chi connectivity index (χ0) is 48.1. The molecule has 0 saturated carbocycles. The number of cyclic esters (lactones) is 2. The van der Waals surface area contributed by atoms with Gasteiger partial charge in [0.2, 0.25) is 25.1 Å². The van der Waals surface area contributed by atoms with Gasteiger partial charge < -0.3 is 66.3 Å². The standard InChI is InChI=1S/C49H48O18S2/c1-54-34-9-22(10-35(55-2)46(34)58-5)40-24-13-30-32(64-20-62-30)15-26(24)44(28-17-60-48(52)42(28)40)66-38(50)7-8-68-69-19-39(51)67-45-27-16-33-31(63-21-65-33)14-25(27)41(43-29(45)18-61-49(43)53)23-11-36(56-3)47(59-6)37(12-23)57-4/h9-16,28-29,40-45H,7-8,17-21H2,1-6H3/t28-,29-,40+,41+,42-,43-,44-,45-/m0/s1. The van der Waals surface area contributed by atoms with Crippen LogP contribution < -0.4 is 47.4 Å². The zero-order valence-electron chi connectivity index (χ0n) is 38.4. The Bertz CT molecular complexity index is 2480. The molecule has 20 heteroatoms. The lowest BCUT2D eigenvalue weighted by molar-refractivity contribution is -0.154. The van der Waals surface area contributed by atoms with E-state index in [0.717, 1.165) is 0 Å². The van der Waals surface area contributed by atoms with Crippen molar-refractivity contribution < 1.29 is 85.5 Å². The van der Waals surface area contributed by atoms with Crippen LogP contribution in [0, 0.1) is 23.7 Å². The molecule has 0 N–H and O–H groups in total. The van der Waals surface area contributed by atoms with Gasteiger partial charge in [0.25, 0.3) is 0 Å². The largest absolute Gasteiger partial charge is 0.493 e. The summed E-state index contributed by atoms with van der Waals surface area (Å²) in [6.07, 6.45) is -1.69. The summed E-state index contributed by atoms with van der Waals surface area (Å²) in [5.41, 5.74) is 4.14. The summed E-state index contributed by atoms with van der Waals surface area (Å²) in [7, 11) is 11.6. The van der Waals surface area contributed by atoms with Crippen molar-refractivity contribution in [3.8, 4) is 57.5 Å². The topological polar surface area (TPSA) is 197 Å². The molecule has 0 unspecified atom stereocenters. The Morgan fingerprint density at radius 3 is 1.29 bits per heavy atom. The van der Waals surface area contributed by atoms with Crippen LogP contribution in [-0.2, 0) is 38.1 Å². The second-order valence-electron chi connectivity index (χ2n) is 16.8. The Morgan fingerprint density at radius 1 is 0.507 bits per heavy atom. The molecule has 0 radical (unpaired) electrons. The summed E-state index contributed by atoms with van der Waals surface area (Å²) >= 11 is 0. The Morgan fingerprint density at radius 2 is 0.899 bits per heavy atom. The smallest absolute Gasteiger partial charge is 0.317 e. The van der Waals surface area contributed by atoms with Crippen molar-refractivity contribution in [3.05, 3.63) is 81.9 Å². The molecular formula is C49H48O18S2. The second-order valence-corrected chi connectivity index (χ2v) is 19.4. The molecule has 2 aliphatic carbocycles. The minimum Gasteiger partial charge on any atom is -0.493 e. The van der Waals surface area contributed by atoms with Gasteiger partial charge in [-0.1, -0.05) is 21.6 Å². The fourth-order valence-corrected chi connectivity index (χ4v) is 12.3. The Balaban J connectivity index is 0.830. The summed E-state index contributed by atoms with van der Waals surface area (Å²) in [6.45, 7) is 0.0925. The molecule has 364 valence electrons. The van der Waals surface area contributed by atoms with Gasteiger partial charge in [-0.25, -0.2) is 0 Å². The van der Waals surface area contributed by atoms with Gasteiger partial charge in [-0.05, 0) is 70.8 Å². The third-order valence-corrected chi connectivity index (χ3v) is 15.7. The van der Waals surface area contributed by atoms with Crippen LogP contribution in [0.4, 0.5) is 0 Å². The Labute approximate surface area is 404 Å². The molecule has 6 aliphatic rings. The number of methoxy groups -OCH3 is 6. The third kappa shape index (κ3) is 8.13. The molecule has 0 aromatic heterocycles. The first-order chi connectivity index (χ1) is 33.6. The predicted molar refractivity (Wildman–Crippen MR) is 244 cm³/mol.